The molecule has 1 aliphatic rings. The van der Waals surface area contributed by atoms with Gasteiger partial charge in [0.15, 0.2) is 5.76 Å². The molecule has 8 nitrogen and oxygen atoms in total. The number of furan rings is 1. The van der Waals surface area contributed by atoms with Crippen molar-refractivity contribution in [3.05, 3.63) is 68.7 Å². The van der Waals surface area contributed by atoms with Crippen LogP contribution in [0.1, 0.15) is 15.4 Å². The second kappa shape index (κ2) is 7.91. The minimum absolute atomic E-state index is 0.0151. The van der Waals surface area contributed by atoms with E-state index in [1.54, 1.807) is 22.5 Å². The molecular formula is C19H18N4O4S. The summed E-state index contributed by atoms with van der Waals surface area (Å²) in [4.78, 5) is 31.5. The van der Waals surface area contributed by atoms with Gasteiger partial charge in [0.1, 0.15) is 10.7 Å². The van der Waals surface area contributed by atoms with Gasteiger partial charge in [0.05, 0.1) is 17.7 Å². The van der Waals surface area contributed by atoms with Crippen LogP contribution < -0.4 is 0 Å². The number of carbonyl (C=O) groups excluding carboxylic acids is 1. The largest absolute Gasteiger partial charge is 0.463 e. The zero-order valence-corrected chi connectivity index (χ0v) is 15.8. The third-order valence-electron chi connectivity index (χ3n) is 4.67. The summed E-state index contributed by atoms with van der Waals surface area (Å²) in [5.41, 5.74) is 1.30. The van der Waals surface area contributed by atoms with Crippen molar-refractivity contribution >= 4 is 22.9 Å². The lowest BCUT2D eigenvalue weighted by Gasteiger charge is -2.34. The molecule has 2 aromatic heterocycles. The van der Waals surface area contributed by atoms with Crippen molar-refractivity contribution in [2.24, 2.45) is 0 Å². The van der Waals surface area contributed by atoms with E-state index in [4.69, 9.17) is 4.42 Å². The van der Waals surface area contributed by atoms with Crippen molar-refractivity contribution in [2.45, 2.75) is 6.54 Å². The summed E-state index contributed by atoms with van der Waals surface area (Å²) in [7, 11) is 0. The van der Waals surface area contributed by atoms with E-state index in [1.807, 2.05) is 17.5 Å². The molecule has 0 spiro atoms. The highest BCUT2D eigenvalue weighted by Crippen LogP contribution is 2.23. The predicted octanol–water partition coefficient (Wildman–Crippen LogP) is 3.27. The van der Waals surface area contributed by atoms with Crippen molar-refractivity contribution in [1.29, 1.82) is 0 Å². The lowest BCUT2D eigenvalue weighted by Crippen LogP contribution is -2.48. The number of nitro benzene ring substituents is 1. The van der Waals surface area contributed by atoms with Gasteiger partial charge in [-0.1, -0.05) is 0 Å². The first kappa shape index (κ1) is 18.3. The number of amides is 1. The molecule has 0 saturated carbocycles. The number of carbonyl (C=O) groups is 1. The number of benzene rings is 1. The van der Waals surface area contributed by atoms with Crippen LogP contribution in [-0.2, 0) is 6.54 Å². The van der Waals surface area contributed by atoms with E-state index in [2.05, 4.69) is 9.88 Å². The standard InChI is InChI=1S/C19H18N4O4S/c24-19(14-3-5-15(6-4-14)23(25)26)22-9-7-21(8-10-22)12-18-20-16(13-28-18)17-2-1-11-27-17/h1-6,11,13H,7-10,12H2. The van der Waals surface area contributed by atoms with E-state index < -0.39 is 4.92 Å². The molecule has 28 heavy (non-hydrogen) atoms. The molecule has 0 N–H and O–H groups in total. The van der Waals surface area contributed by atoms with Crippen LogP contribution in [-0.4, -0.2) is 51.8 Å². The topological polar surface area (TPSA) is 92.7 Å². The summed E-state index contributed by atoms with van der Waals surface area (Å²) in [5, 5.41) is 13.7. The smallest absolute Gasteiger partial charge is 0.269 e. The Morgan fingerprint density at radius 2 is 1.93 bits per heavy atom. The molecule has 0 aliphatic carbocycles. The molecule has 0 bridgehead atoms. The van der Waals surface area contributed by atoms with Crippen LogP contribution in [0.3, 0.4) is 0 Å². The SMILES string of the molecule is O=C(c1ccc([N+](=O)[O-])cc1)N1CCN(Cc2nc(-c3ccco3)cs2)CC1. The van der Waals surface area contributed by atoms with Gasteiger partial charge in [0, 0.05) is 49.3 Å². The van der Waals surface area contributed by atoms with Gasteiger partial charge in [-0.15, -0.1) is 11.3 Å². The van der Waals surface area contributed by atoms with Crippen LogP contribution in [0.25, 0.3) is 11.5 Å². The molecule has 1 aliphatic heterocycles. The highest BCUT2D eigenvalue weighted by molar-refractivity contribution is 7.09. The Hall–Kier alpha value is -3.04. The lowest BCUT2D eigenvalue weighted by atomic mass is 10.1. The van der Waals surface area contributed by atoms with Crippen molar-refractivity contribution in [3.8, 4) is 11.5 Å². The van der Waals surface area contributed by atoms with Gasteiger partial charge in [0.25, 0.3) is 11.6 Å². The Balaban J connectivity index is 1.32. The second-order valence-electron chi connectivity index (χ2n) is 6.48. The van der Waals surface area contributed by atoms with Crippen LogP contribution >= 0.6 is 11.3 Å². The Bertz CT molecular complexity index is 960. The first-order chi connectivity index (χ1) is 13.6. The normalized spacial score (nSPS) is 14.9. The fourth-order valence-electron chi connectivity index (χ4n) is 3.13. The fraction of sp³-hybridized carbons (Fsp3) is 0.263. The third kappa shape index (κ3) is 3.95. The van der Waals surface area contributed by atoms with Crippen LogP contribution in [0.15, 0.2) is 52.5 Å². The molecule has 0 unspecified atom stereocenters. The zero-order valence-electron chi connectivity index (χ0n) is 15.0. The number of rotatable bonds is 5. The summed E-state index contributed by atoms with van der Waals surface area (Å²) < 4.78 is 5.37. The van der Waals surface area contributed by atoms with Gasteiger partial charge < -0.3 is 9.32 Å². The maximum Gasteiger partial charge on any atom is 0.269 e. The molecule has 1 fully saturated rings. The predicted molar refractivity (Wildman–Crippen MR) is 104 cm³/mol. The summed E-state index contributed by atoms with van der Waals surface area (Å²) in [5.74, 6) is 0.671. The van der Waals surface area contributed by atoms with Gasteiger partial charge in [-0.3, -0.25) is 19.8 Å². The molecule has 3 aromatic rings. The minimum atomic E-state index is -0.469. The van der Waals surface area contributed by atoms with Crippen LogP contribution in [0.4, 0.5) is 5.69 Å². The highest BCUT2D eigenvalue weighted by atomic mass is 32.1. The van der Waals surface area contributed by atoms with E-state index in [-0.39, 0.29) is 11.6 Å². The van der Waals surface area contributed by atoms with Crippen molar-refractivity contribution in [3.63, 3.8) is 0 Å². The number of hydrogen-bond acceptors (Lipinski definition) is 7. The Kier molecular flexibility index (Phi) is 5.18. The van der Waals surface area contributed by atoms with E-state index in [0.29, 0.717) is 18.7 Å². The minimum Gasteiger partial charge on any atom is -0.463 e. The second-order valence-corrected chi connectivity index (χ2v) is 7.42. The molecule has 1 aromatic carbocycles. The summed E-state index contributed by atoms with van der Waals surface area (Å²) in [6, 6.07) is 9.49. The number of non-ortho nitro benzene ring substituents is 1. The molecule has 0 atom stereocenters. The van der Waals surface area contributed by atoms with E-state index >= 15 is 0 Å². The average molecular weight is 398 g/mol. The van der Waals surface area contributed by atoms with Crippen LogP contribution in [0, 0.1) is 10.1 Å². The Morgan fingerprint density at radius 3 is 2.57 bits per heavy atom. The van der Waals surface area contributed by atoms with Gasteiger partial charge in [-0.25, -0.2) is 4.98 Å². The Morgan fingerprint density at radius 1 is 1.18 bits per heavy atom. The summed E-state index contributed by atoms with van der Waals surface area (Å²) >= 11 is 1.60. The maximum atomic E-state index is 12.6. The quantitative estimate of drug-likeness (QED) is 0.484. The molecule has 9 heteroatoms. The number of hydrogen-bond donors (Lipinski definition) is 0. The first-order valence-electron chi connectivity index (χ1n) is 8.84. The number of nitrogens with zero attached hydrogens (tertiary/aromatic N) is 4. The van der Waals surface area contributed by atoms with E-state index in [0.717, 1.165) is 36.1 Å². The summed E-state index contributed by atoms with van der Waals surface area (Å²) in [6.45, 7) is 3.49. The third-order valence-corrected chi connectivity index (χ3v) is 5.50. The van der Waals surface area contributed by atoms with Crippen molar-refractivity contribution in [1.82, 2.24) is 14.8 Å². The summed E-state index contributed by atoms with van der Waals surface area (Å²) in [6.07, 6.45) is 1.63. The van der Waals surface area contributed by atoms with E-state index in [9.17, 15) is 14.9 Å². The number of thiazole rings is 1. The van der Waals surface area contributed by atoms with Gasteiger partial charge in [-0.2, -0.15) is 0 Å². The molecule has 4 rings (SSSR count). The first-order valence-corrected chi connectivity index (χ1v) is 9.72. The lowest BCUT2D eigenvalue weighted by molar-refractivity contribution is -0.384. The number of aromatic nitrogens is 1. The van der Waals surface area contributed by atoms with Crippen molar-refractivity contribution in [2.75, 3.05) is 26.2 Å². The van der Waals surface area contributed by atoms with Crippen LogP contribution in [0.2, 0.25) is 0 Å². The van der Waals surface area contributed by atoms with E-state index in [1.165, 1.54) is 24.3 Å². The van der Waals surface area contributed by atoms with Gasteiger partial charge in [-0.05, 0) is 24.3 Å². The molecule has 1 saturated heterocycles. The fourth-order valence-corrected chi connectivity index (χ4v) is 3.95. The highest BCUT2D eigenvalue weighted by Gasteiger charge is 2.23. The molecular weight excluding hydrogens is 380 g/mol. The molecule has 1 amide bonds. The van der Waals surface area contributed by atoms with Gasteiger partial charge in [0.2, 0.25) is 0 Å². The van der Waals surface area contributed by atoms with Crippen LogP contribution in [0.5, 0.6) is 0 Å². The Labute approximate surface area is 165 Å². The van der Waals surface area contributed by atoms with Gasteiger partial charge >= 0.3 is 0 Å². The molecule has 0 radical (unpaired) electrons. The maximum absolute atomic E-state index is 12.6. The molecule has 144 valence electrons. The molecule has 3 heterocycles. The number of piperazine rings is 1. The average Bonchev–Trinajstić information content (AvgIpc) is 3.40. The van der Waals surface area contributed by atoms with Crippen molar-refractivity contribution < 1.29 is 14.1 Å². The number of nitro groups is 1. The monoisotopic (exact) mass is 398 g/mol. The zero-order chi connectivity index (χ0) is 19.5.